The molecule has 158 valence electrons. The Morgan fingerprint density at radius 3 is 2.23 bits per heavy atom. The van der Waals surface area contributed by atoms with Crippen molar-refractivity contribution in [1.29, 1.82) is 0 Å². The van der Waals surface area contributed by atoms with Gasteiger partial charge >= 0.3 is 0 Å². The second-order valence-electron chi connectivity index (χ2n) is 7.04. The van der Waals surface area contributed by atoms with E-state index in [1.54, 1.807) is 37.3 Å². The van der Waals surface area contributed by atoms with Gasteiger partial charge in [0.25, 0.3) is 5.91 Å². The number of thioether (sulfide) groups is 1. The molecule has 0 radical (unpaired) electrons. The van der Waals surface area contributed by atoms with Crippen LogP contribution in [-0.2, 0) is 4.79 Å². The number of benzene rings is 3. The minimum Gasteiger partial charge on any atom is -0.366 e. The van der Waals surface area contributed by atoms with Gasteiger partial charge in [0.2, 0.25) is 11.8 Å². The number of nitrogens with one attached hydrogen (secondary N) is 2. The normalized spacial score (nSPS) is 11.4. The summed E-state index contributed by atoms with van der Waals surface area (Å²) in [6.45, 7) is 3.74. The van der Waals surface area contributed by atoms with Gasteiger partial charge in [0.1, 0.15) is 0 Å². The summed E-state index contributed by atoms with van der Waals surface area (Å²) in [6, 6.07) is 21.1. The van der Waals surface area contributed by atoms with Crippen molar-refractivity contribution in [2.24, 2.45) is 5.73 Å². The van der Waals surface area contributed by atoms with E-state index in [9.17, 15) is 14.4 Å². The van der Waals surface area contributed by atoms with Crippen LogP contribution in [0, 0.1) is 6.92 Å². The molecule has 0 aliphatic rings. The summed E-state index contributed by atoms with van der Waals surface area (Å²) < 4.78 is 0. The fraction of sp³-hybridized carbons (Fsp3) is 0.125. The predicted molar refractivity (Wildman–Crippen MR) is 124 cm³/mol. The molecular formula is C24H23N3O3S. The van der Waals surface area contributed by atoms with Crippen LogP contribution in [-0.4, -0.2) is 23.0 Å². The number of carbonyl (C=O) groups excluding carboxylic acids is 3. The van der Waals surface area contributed by atoms with Gasteiger partial charge in [-0.05, 0) is 68.4 Å². The molecule has 3 rings (SSSR count). The maximum atomic E-state index is 12.5. The maximum Gasteiger partial charge on any atom is 0.255 e. The van der Waals surface area contributed by atoms with Crippen LogP contribution in [0.4, 0.5) is 11.4 Å². The molecule has 6 nitrogen and oxygen atoms in total. The number of hydrogen-bond acceptors (Lipinski definition) is 4. The lowest BCUT2D eigenvalue weighted by atomic mass is 10.1. The van der Waals surface area contributed by atoms with E-state index >= 15 is 0 Å². The molecule has 0 spiro atoms. The average Bonchev–Trinajstić information content (AvgIpc) is 2.74. The van der Waals surface area contributed by atoms with E-state index in [1.807, 2.05) is 49.4 Å². The number of anilines is 2. The second-order valence-corrected chi connectivity index (χ2v) is 8.46. The Bertz CT molecular complexity index is 1110. The molecule has 0 aliphatic carbocycles. The van der Waals surface area contributed by atoms with E-state index < -0.39 is 5.91 Å². The van der Waals surface area contributed by atoms with Gasteiger partial charge in [-0.25, -0.2) is 0 Å². The highest BCUT2D eigenvalue weighted by molar-refractivity contribution is 8.00. The highest BCUT2D eigenvalue weighted by atomic mass is 32.2. The molecular weight excluding hydrogens is 410 g/mol. The van der Waals surface area contributed by atoms with Crippen LogP contribution in [0.5, 0.6) is 0 Å². The van der Waals surface area contributed by atoms with Crippen LogP contribution in [0.2, 0.25) is 0 Å². The Hall–Kier alpha value is -3.58. The van der Waals surface area contributed by atoms with Crippen LogP contribution in [0.15, 0.2) is 77.7 Å². The quantitative estimate of drug-likeness (QED) is 0.479. The van der Waals surface area contributed by atoms with E-state index in [2.05, 4.69) is 10.6 Å². The molecule has 7 heteroatoms. The third kappa shape index (κ3) is 6.20. The van der Waals surface area contributed by atoms with Gasteiger partial charge in [0, 0.05) is 27.4 Å². The largest absolute Gasteiger partial charge is 0.366 e. The molecule has 3 amide bonds. The zero-order valence-electron chi connectivity index (χ0n) is 17.2. The molecule has 3 aromatic rings. The van der Waals surface area contributed by atoms with E-state index in [0.717, 1.165) is 10.5 Å². The first-order chi connectivity index (χ1) is 14.8. The molecule has 0 saturated carbocycles. The topological polar surface area (TPSA) is 101 Å². The minimum atomic E-state index is -0.517. The fourth-order valence-corrected chi connectivity index (χ4v) is 3.78. The molecule has 0 saturated heterocycles. The Balaban J connectivity index is 1.61. The van der Waals surface area contributed by atoms with Crippen molar-refractivity contribution in [2.45, 2.75) is 24.0 Å². The Morgan fingerprint density at radius 1 is 0.839 bits per heavy atom. The number of amides is 3. The number of carbonyl (C=O) groups is 3. The fourth-order valence-electron chi connectivity index (χ4n) is 2.86. The summed E-state index contributed by atoms with van der Waals surface area (Å²) >= 11 is 1.38. The van der Waals surface area contributed by atoms with E-state index in [0.29, 0.717) is 22.5 Å². The summed E-state index contributed by atoms with van der Waals surface area (Å²) in [5, 5.41) is 5.34. The molecule has 1 atom stereocenters. The third-order valence-electron chi connectivity index (χ3n) is 4.49. The van der Waals surface area contributed by atoms with E-state index in [1.165, 1.54) is 11.8 Å². The van der Waals surface area contributed by atoms with Gasteiger partial charge in [0.15, 0.2) is 0 Å². The van der Waals surface area contributed by atoms with Gasteiger partial charge in [-0.3, -0.25) is 14.4 Å². The molecule has 31 heavy (non-hydrogen) atoms. The molecule has 0 aromatic heterocycles. The number of aryl methyl sites for hydroxylation is 1. The third-order valence-corrected chi connectivity index (χ3v) is 5.58. The first kappa shape index (κ1) is 22.1. The second kappa shape index (κ2) is 9.95. The van der Waals surface area contributed by atoms with Crippen LogP contribution < -0.4 is 16.4 Å². The lowest BCUT2D eigenvalue weighted by Gasteiger charge is -2.13. The van der Waals surface area contributed by atoms with Crippen LogP contribution in [0.3, 0.4) is 0 Å². The monoisotopic (exact) mass is 433 g/mol. The molecule has 0 heterocycles. The van der Waals surface area contributed by atoms with Crippen molar-refractivity contribution in [1.82, 2.24) is 0 Å². The molecule has 0 fully saturated rings. The van der Waals surface area contributed by atoms with Crippen LogP contribution in [0.1, 0.15) is 33.2 Å². The van der Waals surface area contributed by atoms with Crippen molar-refractivity contribution in [3.05, 3.63) is 89.5 Å². The predicted octanol–water partition coefficient (Wildman–Crippen LogP) is 4.47. The lowest BCUT2D eigenvalue weighted by Crippen LogP contribution is -2.22. The van der Waals surface area contributed by atoms with Gasteiger partial charge in [-0.1, -0.05) is 23.8 Å². The zero-order valence-corrected chi connectivity index (χ0v) is 18.0. The number of rotatable bonds is 7. The summed E-state index contributed by atoms with van der Waals surface area (Å²) in [6.07, 6.45) is 0. The first-order valence-corrected chi connectivity index (χ1v) is 10.6. The van der Waals surface area contributed by atoms with Crippen LogP contribution >= 0.6 is 11.8 Å². The summed E-state index contributed by atoms with van der Waals surface area (Å²) in [4.78, 5) is 37.0. The van der Waals surface area contributed by atoms with E-state index in [4.69, 9.17) is 5.73 Å². The summed E-state index contributed by atoms with van der Waals surface area (Å²) in [5.41, 5.74) is 8.45. The highest BCUT2D eigenvalue weighted by Gasteiger charge is 2.15. The van der Waals surface area contributed by atoms with Crippen molar-refractivity contribution >= 4 is 40.9 Å². The van der Waals surface area contributed by atoms with Crippen LogP contribution in [0.25, 0.3) is 0 Å². The Labute approximate surface area is 185 Å². The van der Waals surface area contributed by atoms with Crippen molar-refractivity contribution in [2.75, 3.05) is 10.6 Å². The number of primary amides is 1. The first-order valence-electron chi connectivity index (χ1n) is 9.67. The smallest absolute Gasteiger partial charge is 0.255 e. The number of hydrogen-bond donors (Lipinski definition) is 3. The zero-order chi connectivity index (χ0) is 22.4. The lowest BCUT2D eigenvalue weighted by molar-refractivity contribution is -0.115. The van der Waals surface area contributed by atoms with Crippen molar-refractivity contribution in [3.63, 3.8) is 0 Å². The highest BCUT2D eigenvalue weighted by Crippen LogP contribution is 2.27. The minimum absolute atomic E-state index is 0.175. The number of nitrogens with two attached hydrogens (primary N) is 1. The molecule has 3 aromatic carbocycles. The van der Waals surface area contributed by atoms with Gasteiger partial charge in [-0.2, -0.15) is 0 Å². The van der Waals surface area contributed by atoms with Gasteiger partial charge in [-0.15, -0.1) is 11.8 Å². The summed E-state index contributed by atoms with van der Waals surface area (Å²) in [7, 11) is 0. The molecule has 0 bridgehead atoms. The Kier molecular flexibility index (Phi) is 7.10. The molecule has 0 aliphatic heterocycles. The molecule has 4 N–H and O–H groups in total. The molecule has 1 unspecified atom stereocenters. The van der Waals surface area contributed by atoms with E-state index in [-0.39, 0.29) is 17.1 Å². The average molecular weight is 434 g/mol. The maximum absolute atomic E-state index is 12.5. The van der Waals surface area contributed by atoms with Crippen molar-refractivity contribution in [3.8, 4) is 0 Å². The summed E-state index contributed by atoms with van der Waals surface area (Å²) in [5.74, 6) is -0.877. The van der Waals surface area contributed by atoms with Gasteiger partial charge < -0.3 is 16.4 Å². The Morgan fingerprint density at radius 2 is 1.55 bits per heavy atom. The van der Waals surface area contributed by atoms with Gasteiger partial charge in [0.05, 0.1) is 5.25 Å². The van der Waals surface area contributed by atoms with Crippen molar-refractivity contribution < 1.29 is 14.4 Å². The standard InChI is InChI=1S/C24H23N3O3S/c1-15-5-3-6-18(13-15)24(30)27-20-7-4-8-21(14-20)31-16(2)23(29)26-19-11-9-17(10-12-19)22(25)28/h3-14,16H,1-2H3,(H2,25,28)(H,26,29)(H,27,30). The SMILES string of the molecule is Cc1cccc(C(=O)Nc2cccc(SC(C)C(=O)Nc3ccc(C(N)=O)cc3)c2)c1.